The van der Waals surface area contributed by atoms with Gasteiger partial charge in [0.1, 0.15) is 11.6 Å². The van der Waals surface area contributed by atoms with E-state index in [4.69, 9.17) is 9.15 Å². The Bertz CT molecular complexity index is 778. The molecule has 5 nitrogen and oxygen atoms in total. The Labute approximate surface area is 151 Å². The zero-order valence-corrected chi connectivity index (χ0v) is 14.7. The molecule has 1 atom stereocenters. The van der Waals surface area contributed by atoms with Crippen molar-refractivity contribution in [3.8, 4) is 11.3 Å². The number of amides is 1. The first-order valence-electron chi connectivity index (χ1n) is 8.91. The van der Waals surface area contributed by atoms with Gasteiger partial charge in [-0.25, -0.2) is 9.18 Å². The monoisotopic (exact) mass is 359 g/mol. The summed E-state index contributed by atoms with van der Waals surface area (Å²) in [5, 5.41) is 0. The molecule has 0 N–H and O–H groups in total. The van der Waals surface area contributed by atoms with E-state index >= 15 is 0 Å². The molecule has 1 aliphatic rings. The molecule has 3 rings (SSSR count). The second-order valence-corrected chi connectivity index (χ2v) is 6.43. The van der Waals surface area contributed by atoms with Crippen molar-refractivity contribution in [3.63, 3.8) is 0 Å². The van der Waals surface area contributed by atoms with Crippen molar-refractivity contribution in [2.45, 2.75) is 38.7 Å². The van der Waals surface area contributed by atoms with Crippen molar-refractivity contribution in [1.29, 1.82) is 0 Å². The van der Waals surface area contributed by atoms with Crippen molar-refractivity contribution < 1.29 is 23.1 Å². The molecule has 0 bridgehead atoms. The number of carbonyl (C=O) groups excluding carboxylic acids is 2. The van der Waals surface area contributed by atoms with Gasteiger partial charge in [-0.3, -0.25) is 4.79 Å². The molecule has 0 spiro atoms. The largest absolute Gasteiger partial charge is 0.449 e. The zero-order chi connectivity index (χ0) is 18.5. The van der Waals surface area contributed by atoms with E-state index in [2.05, 4.69) is 0 Å². The SMILES string of the molecule is C[C@@H](OC(=O)c1ccc(-c2ccccc2F)o1)C(=O)N1CCCCCC1. The third kappa shape index (κ3) is 4.12. The van der Waals surface area contributed by atoms with Crippen LogP contribution in [0.2, 0.25) is 0 Å². The molecule has 1 amide bonds. The lowest BCUT2D eigenvalue weighted by Gasteiger charge is -2.23. The molecule has 2 aromatic rings. The molecule has 0 saturated carbocycles. The minimum absolute atomic E-state index is 0.0567. The molecule has 0 radical (unpaired) electrons. The molecule has 1 saturated heterocycles. The molecule has 1 aromatic heterocycles. The van der Waals surface area contributed by atoms with Gasteiger partial charge < -0.3 is 14.1 Å². The first kappa shape index (κ1) is 18.2. The number of benzene rings is 1. The van der Waals surface area contributed by atoms with Crippen LogP contribution in [-0.2, 0) is 9.53 Å². The van der Waals surface area contributed by atoms with Crippen molar-refractivity contribution in [2.24, 2.45) is 0 Å². The molecule has 26 heavy (non-hydrogen) atoms. The molecule has 0 aliphatic carbocycles. The van der Waals surface area contributed by atoms with E-state index in [1.807, 2.05) is 0 Å². The van der Waals surface area contributed by atoms with Gasteiger partial charge in [0, 0.05) is 13.1 Å². The summed E-state index contributed by atoms with van der Waals surface area (Å²) in [4.78, 5) is 26.5. The van der Waals surface area contributed by atoms with Gasteiger partial charge in [-0.05, 0) is 44.0 Å². The van der Waals surface area contributed by atoms with E-state index in [1.54, 1.807) is 30.0 Å². The molecule has 1 aromatic carbocycles. The van der Waals surface area contributed by atoms with Gasteiger partial charge in [-0.1, -0.05) is 25.0 Å². The van der Waals surface area contributed by atoms with Crippen LogP contribution >= 0.6 is 0 Å². The van der Waals surface area contributed by atoms with Crippen molar-refractivity contribution in [1.82, 2.24) is 4.90 Å². The first-order chi connectivity index (χ1) is 12.6. The van der Waals surface area contributed by atoms with Crippen LogP contribution in [0.15, 0.2) is 40.8 Å². The highest BCUT2D eigenvalue weighted by Crippen LogP contribution is 2.25. The lowest BCUT2D eigenvalue weighted by Crippen LogP contribution is -2.40. The van der Waals surface area contributed by atoms with Gasteiger partial charge in [0.25, 0.3) is 5.91 Å². The summed E-state index contributed by atoms with van der Waals surface area (Å²) in [6, 6.07) is 9.07. The van der Waals surface area contributed by atoms with Crippen LogP contribution < -0.4 is 0 Å². The summed E-state index contributed by atoms with van der Waals surface area (Å²) in [6.45, 7) is 2.95. The van der Waals surface area contributed by atoms with E-state index in [-0.39, 0.29) is 23.0 Å². The van der Waals surface area contributed by atoms with Crippen molar-refractivity contribution in [3.05, 3.63) is 48.0 Å². The number of carbonyl (C=O) groups is 2. The highest BCUT2D eigenvalue weighted by atomic mass is 19.1. The van der Waals surface area contributed by atoms with Gasteiger partial charge in [-0.2, -0.15) is 0 Å². The number of halogens is 1. The number of hydrogen-bond acceptors (Lipinski definition) is 4. The molecule has 1 fully saturated rings. The fourth-order valence-corrected chi connectivity index (χ4v) is 3.07. The normalized spacial score (nSPS) is 16.0. The second-order valence-electron chi connectivity index (χ2n) is 6.43. The minimum atomic E-state index is -0.886. The van der Waals surface area contributed by atoms with Crippen LogP contribution in [0.25, 0.3) is 11.3 Å². The lowest BCUT2D eigenvalue weighted by molar-refractivity contribution is -0.139. The Morgan fingerprint density at radius 1 is 1.08 bits per heavy atom. The minimum Gasteiger partial charge on any atom is -0.449 e. The van der Waals surface area contributed by atoms with E-state index in [1.165, 1.54) is 18.2 Å². The maximum atomic E-state index is 13.8. The van der Waals surface area contributed by atoms with Gasteiger partial charge in [0.15, 0.2) is 6.10 Å². The number of hydrogen-bond donors (Lipinski definition) is 0. The Morgan fingerprint density at radius 3 is 2.46 bits per heavy atom. The second kappa shape index (κ2) is 8.17. The van der Waals surface area contributed by atoms with E-state index in [9.17, 15) is 14.0 Å². The average molecular weight is 359 g/mol. The summed E-state index contributed by atoms with van der Waals surface area (Å²) in [5.41, 5.74) is 0.264. The van der Waals surface area contributed by atoms with Crippen LogP contribution in [0.4, 0.5) is 4.39 Å². The van der Waals surface area contributed by atoms with Crippen LogP contribution in [0.1, 0.15) is 43.2 Å². The van der Waals surface area contributed by atoms with Crippen LogP contribution in [0, 0.1) is 5.82 Å². The number of rotatable bonds is 4. The quantitative estimate of drug-likeness (QED) is 0.773. The fourth-order valence-electron chi connectivity index (χ4n) is 3.07. The third-order valence-electron chi connectivity index (χ3n) is 4.50. The highest BCUT2D eigenvalue weighted by molar-refractivity contribution is 5.90. The van der Waals surface area contributed by atoms with Gasteiger partial charge in [-0.15, -0.1) is 0 Å². The number of ether oxygens (including phenoxy) is 1. The molecular weight excluding hydrogens is 337 g/mol. The summed E-state index contributed by atoms with van der Waals surface area (Å²) < 4.78 is 24.5. The Balaban J connectivity index is 1.64. The summed E-state index contributed by atoms with van der Waals surface area (Å²) in [7, 11) is 0. The van der Waals surface area contributed by atoms with Crippen LogP contribution in [0.3, 0.4) is 0 Å². The van der Waals surface area contributed by atoms with Gasteiger partial charge >= 0.3 is 5.97 Å². The maximum absolute atomic E-state index is 13.8. The Morgan fingerprint density at radius 2 is 1.77 bits per heavy atom. The molecule has 6 heteroatoms. The third-order valence-corrected chi connectivity index (χ3v) is 4.50. The molecule has 0 unspecified atom stereocenters. The van der Waals surface area contributed by atoms with Crippen molar-refractivity contribution in [2.75, 3.05) is 13.1 Å². The number of esters is 1. The predicted octanol–water partition coefficient (Wildman–Crippen LogP) is 4.03. The average Bonchev–Trinajstić information content (AvgIpc) is 2.97. The zero-order valence-electron chi connectivity index (χ0n) is 14.7. The van der Waals surface area contributed by atoms with Gasteiger partial charge in [0.05, 0.1) is 5.56 Å². The van der Waals surface area contributed by atoms with Crippen LogP contribution in [-0.4, -0.2) is 36.0 Å². The van der Waals surface area contributed by atoms with E-state index < -0.39 is 17.9 Å². The summed E-state index contributed by atoms with van der Waals surface area (Å²) >= 11 is 0. The maximum Gasteiger partial charge on any atom is 0.375 e. The van der Waals surface area contributed by atoms with Gasteiger partial charge in [0.2, 0.25) is 5.76 Å². The lowest BCUT2D eigenvalue weighted by atomic mass is 10.1. The van der Waals surface area contributed by atoms with Crippen molar-refractivity contribution >= 4 is 11.9 Å². The molecule has 138 valence electrons. The number of furan rings is 1. The Kier molecular flexibility index (Phi) is 5.71. The summed E-state index contributed by atoms with van der Waals surface area (Å²) in [5.74, 6) is -1.18. The van der Waals surface area contributed by atoms with Crippen LogP contribution in [0.5, 0.6) is 0 Å². The number of likely N-dealkylation sites (tertiary alicyclic amines) is 1. The molecule has 1 aliphatic heterocycles. The highest BCUT2D eigenvalue weighted by Gasteiger charge is 2.26. The fraction of sp³-hybridized carbons (Fsp3) is 0.400. The van der Waals surface area contributed by atoms with E-state index in [0.29, 0.717) is 13.1 Å². The first-order valence-corrected chi connectivity index (χ1v) is 8.91. The molecular formula is C20H22FNO4. The standard InChI is InChI=1S/C20H22FNO4/c1-14(19(23)22-12-6-2-3-7-13-22)25-20(24)18-11-10-17(26-18)15-8-4-5-9-16(15)21/h4-5,8-11,14H,2-3,6-7,12-13H2,1H3/t14-/m1/s1. The smallest absolute Gasteiger partial charge is 0.375 e. The van der Waals surface area contributed by atoms with E-state index in [0.717, 1.165) is 25.7 Å². The predicted molar refractivity (Wildman–Crippen MR) is 94.0 cm³/mol. The molecule has 2 heterocycles. The summed E-state index contributed by atoms with van der Waals surface area (Å²) in [6.07, 6.45) is 3.28. The Hall–Kier alpha value is -2.63. The number of nitrogens with zero attached hydrogens (tertiary/aromatic N) is 1. The topological polar surface area (TPSA) is 59.8 Å².